The van der Waals surface area contributed by atoms with Crippen LogP contribution in [-0.4, -0.2) is 42.4 Å². The van der Waals surface area contributed by atoms with E-state index >= 15 is 0 Å². The third-order valence-electron chi connectivity index (χ3n) is 2.20. The molecule has 118 valence electrons. The topological polar surface area (TPSA) is 89.3 Å². The van der Waals surface area contributed by atoms with Gasteiger partial charge >= 0.3 is 6.18 Å². The van der Waals surface area contributed by atoms with E-state index in [1.807, 2.05) is 0 Å². The van der Waals surface area contributed by atoms with Crippen molar-refractivity contribution in [3.8, 4) is 0 Å². The molecule has 1 heterocycles. The number of nitro groups is 1. The zero-order valence-electron chi connectivity index (χ0n) is 11.2. The SMILES string of the molecule is CCNc1cc([N+](=O)[O-])cc(NCCOCC(F)(F)F)n1. The standard InChI is InChI=1S/C11H15F3N4O3/c1-2-15-9-5-8(18(19)20)6-10(17-9)16-3-4-21-7-11(12,13)14/h5-6H,2-4,7H2,1H3,(H2,15,16,17). The van der Waals surface area contributed by atoms with Crippen LogP contribution >= 0.6 is 0 Å². The van der Waals surface area contributed by atoms with Gasteiger partial charge in [0.25, 0.3) is 5.69 Å². The van der Waals surface area contributed by atoms with Crippen molar-refractivity contribution < 1.29 is 22.8 Å². The molecule has 0 aromatic carbocycles. The Balaban J connectivity index is 2.55. The van der Waals surface area contributed by atoms with Crippen molar-refractivity contribution >= 4 is 17.3 Å². The third kappa shape index (κ3) is 6.75. The average Bonchev–Trinajstić information content (AvgIpc) is 2.37. The second-order valence-electron chi connectivity index (χ2n) is 3.98. The maximum atomic E-state index is 11.8. The molecule has 2 N–H and O–H groups in total. The van der Waals surface area contributed by atoms with Gasteiger partial charge in [0, 0.05) is 13.1 Å². The Morgan fingerprint density at radius 3 is 2.48 bits per heavy atom. The fourth-order valence-corrected chi connectivity index (χ4v) is 1.42. The number of rotatable bonds is 8. The lowest BCUT2D eigenvalue weighted by molar-refractivity contribution is -0.384. The largest absolute Gasteiger partial charge is 0.411 e. The lowest BCUT2D eigenvalue weighted by Gasteiger charge is -2.10. The van der Waals surface area contributed by atoms with Crippen LogP contribution < -0.4 is 10.6 Å². The summed E-state index contributed by atoms with van der Waals surface area (Å²) in [7, 11) is 0. The molecule has 1 aromatic heterocycles. The van der Waals surface area contributed by atoms with Crippen LogP contribution in [0.25, 0.3) is 0 Å². The first kappa shape index (κ1) is 17.0. The number of hydrogen-bond donors (Lipinski definition) is 2. The molecule has 1 aromatic rings. The normalized spacial score (nSPS) is 11.2. The number of halogens is 3. The number of anilines is 2. The van der Waals surface area contributed by atoms with E-state index in [4.69, 9.17) is 0 Å². The van der Waals surface area contributed by atoms with Crippen LogP contribution in [0.4, 0.5) is 30.5 Å². The quantitative estimate of drug-likeness (QED) is 0.435. The highest BCUT2D eigenvalue weighted by atomic mass is 19.4. The number of aromatic nitrogens is 1. The van der Waals surface area contributed by atoms with E-state index in [1.165, 1.54) is 12.1 Å². The molecule has 7 nitrogen and oxygen atoms in total. The zero-order valence-corrected chi connectivity index (χ0v) is 11.2. The van der Waals surface area contributed by atoms with Crippen molar-refractivity contribution in [2.45, 2.75) is 13.1 Å². The lowest BCUT2D eigenvalue weighted by Crippen LogP contribution is -2.20. The zero-order chi connectivity index (χ0) is 15.9. The molecule has 0 aliphatic carbocycles. The number of hydrogen-bond acceptors (Lipinski definition) is 6. The van der Waals surface area contributed by atoms with Crippen molar-refractivity contribution in [3.63, 3.8) is 0 Å². The highest BCUT2D eigenvalue weighted by molar-refractivity contribution is 5.54. The molecule has 0 bridgehead atoms. The van der Waals surface area contributed by atoms with Gasteiger partial charge in [-0.2, -0.15) is 13.2 Å². The summed E-state index contributed by atoms with van der Waals surface area (Å²) in [6.45, 7) is 0.858. The molecule has 0 atom stereocenters. The first-order valence-corrected chi connectivity index (χ1v) is 6.10. The van der Waals surface area contributed by atoms with Crippen LogP contribution in [-0.2, 0) is 4.74 Å². The van der Waals surface area contributed by atoms with Crippen LogP contribution in [0.15, 0.2) is 12.1 Å². The summed E-state index contributed by atoms with van der Waals surface area (Å²) in [4.78, 5) is 14.2. The van der Waals surface area contributed by atoms with E-state index in [2.05, 4.69) is 20.4 Å². The highest BCUT2D eigenvalue weighted by Gasteiger charge is 2.27. The van der Waals surface area contributed by atoms with Crippen molar-refractivity contribution in [1.82, 2.24) is 4.98 Å². The summed E-state index contributed by atoms with van der Waals surface area (Å²) >= 11 is 0. The molecule has 0 radical (unpaired) electrons. The van der Waals surface area contributed by atoms with E-state index in [0.29, 0.717) is 12.4 Å². The smallest absolute Gasteiger partial charge is 0.370 e. The maximum absolute atomic E-state index is 11.8. The molecule has 21 heavy (non-hydrogen) atoms. The fraction of sp³-hybridized carbons (Fsp3) is 0.545. The summed E-state index contributed by atoms with van der Waals surface area (Å²) in [6.07, 6.45) is -4.37. The minimum absolute atomic E-state index is 0.0514. The second kappa shape index (κ2) is 7.62. The van der Waals surface area contributed by atoms with Crippen LogP contribution in [0.1, 0.15) is 6.92 Å². The molecule has 1 rings (SSSR count). The molecule has 0 unspecified atom stereocenters. The monoisotopic (exact) mass is 308 g/mol. The Kier molecular flexibility index (Phi) is 6.15. The molecule has 0 aliphatic heterocycles. The summed E-state index contributed by atoms with van der Waals surface area (Å²) in [5, 5.41) is 16.3. The van der Waals surface area contributed by atoms with Gasteiger partial charge in [0.1, 0.15) is 18.2 Å². The molecule has 0 spiro atoms. The van der Waals surface area contributed by atoms with Gasteiger partial charge in [-0.3, -0.25) is 10.1 Å². The number of pyridine rings is 1. The fourth-order valence-electron chi connectivity index (χ4n) is 1.42. The van der Waals surface area contributed by atoms with Crippen molar-refractivity contribution in [3.05, 3.63) is 22.2 Å². The third-order valence-corrected chi connectivity index (χ3v) is 2.20. The maximum Gasteiger partial charge on any atom is 0.411 e. The number of nitrogens with one attached hydrogen (secondary N) is 2. The Labute approximate surface area is 118 Å². The minimum atomic E-state index is -4.37. The first-order valence-electron chi connectivity index (χ1n) is 6.10. The molecule has 0 fully saturated rings. The van der Waals surface area contributed by atoms with Crippen molar-refractivity contribution in [1.29, 1.82) is 0 Å². The van der Waals surface area contributed by atoms with Gasteiger partial charge in [-0.05, 0) is 6.92 Å². The molecular formula is C11H15F3N4O3. The predicted octanol–water partition coefficient (Wildman–Crippen LogP) is 2.41. The van der Waals surface area contributed by atoms with Gasteiger partial charge in [-0.15, -0.1) is 0 Å². The van der Waals surface area contributed by atoms with Gasteiger partial charge in [0.2, 0.25) is 0 Å². The van der Waals surface area contributed by atoms with E-state index in [-0.39, 0.29) is 24.7 Å². The summed E-state index contributed by atoms with van der Waals surface area (Å²) in [5.41, 5.74) is -0.167. The Hall–Kier alpha value is -2.10. The van der Waals surface area contributed by atoms with Crippen molar-refractivity contribution in [2.75, 3.05) is 36.9 Å². The molecule has 0 aliphatic rings. The Morgan fingerprint density at radius 2 is 1.95 bits per heavy atom. The number of nitrogens with zero attached hydrogens (tertiary/aromatic N) is 2. The summed E-state index contributed by atoms with van der Waals surface area (Å²) in [6, 6.07) is 2.47. The van der Waals surface area contributed by atoms with E-state index in [0.717, 1.165) is 0 Å². The second-order valence-corrected chi connectivity index (χ2v) is 3.98. The van der Waals surface area contributed by atoms with Gasteiger partial charge in [-0.1, -0.05) is 0 Å². The molecule has 0 saturated carbocycles. The van der Waals surface area contributed by atoms with Crippen LogP contribution in [0.5, 0.6) is 0 Å². The van der Waals surface area contributed by atoms with Gasteiger partial charge in [0.15, 0.2) is 0 Å². The van der Waals surface area contributed by atoms with E-state index in [1.54, 1.807) is 6.92 Å². The van der Waals surface area contributed by atoms with Gasteiger partial charge in [-0.25, -0.2) is 4.98 Å². The van der Waals surface area contributed by atoms with E-state index < -0.39 is 17.7 Å². The van der Waals surface area contributed by atoms with Crippen LogP contribution in [0.2, 0.25) is 0 Å². The molecule has 0 saturated heterocycles. The van der Waals surface area contributed by atoms with Crippen LogP contribution in [0, 0.1) is 10.1 Å². The number of ether oxygens (including phenoxy) is 1. The molecule has 0 amide bonds. The molecule has 10 heteroatoms. The molecular weight excluding hydrogens is 293 g/mol. The van der Waals surface area contributed by atoms with Crippen molar-refractivity contribution in [2.24, 2.45) is 0 Å². The van der Waals surface area contributed by atoms with E-state index in [9.17, 15) is 23.3 Å². The highest BCUT2D eigenvalue weighted by Crippen LogP contribution is 2.20. The Bertz CT molecular complexity index is 482. The number of alkyl halides is 3. The minimum Gasteiger partial charge on any atom is -0.370 e. The average molecular weight is 308 g/mol. The van der Waals surface area contributed by atoms with Gasteiger partial charge in [0.05, 0.1) is 23.7 Å². The predicted molar refractivity (Wildman–Crippen MR) is 70.4 cm³/mol. The van der Waals surface area contributed by atoms with Crippen LogP contribution in [0.3, 0.4) is 0 Å². The van der Waals surface area contributed by atoms with Gasteiger partial charge < -0.3 is 15.4 Å². The summed E-state index contributed by atoms with van der Waals surface area (Å²) < 4.78 is 39.9. The summed E-state index contributed by atoms with van der Waals surface area (Å²) in [5.74, 6) is 0.501. The Morgan fingerprint density at radius 1 is 1.33 bits per heavy atom. The lowest BCUT2D eigenvalue weighted by atomic mass is 10.3. The first-order chi connectivity index (χ1) is 9.81.